The molecule has 10 N–H and O–H groups in total. The van der Waals surface area contributed by atoms with Gasteiger partial charge in [-0.2, -0.15) is 20.3 Å². The number of ether oxygens (including phenoxy) is 6. The van der Waals surface area contributed by atoms with Crippen LogP contribution in [0.1, 0.15) is 197 Å². The van der Waals surface area contributed by atoms with Crippen molar-refractivity contribution in [2.45, 2.75) is 290 Å². The molecule has 26 heteroatoms. The molecule has 97 heavy (non-hydrogen) atoms. The van der Waals surface area contributed by atoms with Gasteiger partial charge in [0, 0.05) is 57.5 Å². The second kappa shape index (κ2) is 46.0. The average molecular weight is 1410 g/mol. The number of hydrogen-bond acceptors (Lipinski definition) is 22. The van der Waals surface area contributed by atoms with Crippen LogP contribution in [0.4, 0.5) is 0 Å². The predicted molar refractivity (Wildman–Crippen MR) is 381 cm³/mol. The maximum Gasteiger partial charge on any atom is 1.00 e. The summed E-state index contributed by atoms with van der Waals surface area (Å²) in [5, 5.41) is 90.8. The summed E-state index contributed by atoms with van der Waals surface area (Å²) in [5.41, 5.74) is -0.824. The van der Waals surface area contributed by atoms with Crippen LogP contribution in [0.2, 0.25) is 0 Å². The molecule has 8 heterocycles. The molecular weight excluding hydrogens is 1280 g/mol. The van der Waals surface area contributed by atoms with Crippen molar-refractivity contribution in [3.8, 4) is 25.2 Å². The fourth-order valence-electron chi connectivity index (χ4n) is 12.7. The quantitative estimate of drug-likeness (QED) is 0.0483. The van der Waals surface area contributed by atoms with Gasteiger partial charge in [0.05, 0.1) is 88.8 Å². The second-order valence-corrected chi connectivity index (χ2v) is 30.3. The Labute approximate surface area is 613 Å². The van der Waals surface area contributed by atoms with Crippen LogP contribution in [0.3, 0.4) is 0 Å². The smallest absolute Gasteiger partial charge is 0.870 e. The Morgan fingerprint density at radius 2 is 0.897 bits per heavy atom. The first-order valence-electron chi connectivity index (χ1n) is 32.8. The minimum atomic E-state index is -1.34. The SMILES string of the molecule is C.C.C#C.C#CC.C1CCOC1.CC1(C)CC(O)CC(C)(C)N1O.CC1(C)CC(OCC(O)CO)CC(C)(C)N1O.CC1(C)CC(OCC2CO2)CC(C)(C)N1O.CC1(C)CC(OCC2COB(c3ccccc3)O2)CC(C)(C)N1O.ClCC1CO1.OB(O)c1ccccc1.[Na+].[OH-]. The Morgan fingerprint density at radius 1 is 0.577 bits per heavy atom. The van der Waals surface area contributed by atoms with Gasteiger partial charge in [-0.25, -0.2) is 0 Å². The van der Waals surface area contributed by atoms with Crippen LogP contribution in [0.15, 0.2) is 60.7 Å². The van der Waals surface area contributed by atoms with Gasteiger partial charge in [0.15, 0.2) is 0 Å². The monoisotopic (exact) mass is 1410 g/mol. The van der Waals surface area contributed by atoms with E-state index < -0.39 is 13.2 Å². The van der Waals surface area contributed by atoms with Crippen molar-refractivity contribution < 1.29 is 119 Å². The van der Waals surface area contributed by atoms with Crippen molar-refractivity contribution in [3.63, 3.8) is 0 Å². The van der Waals surface area contributed by atoms with Crippen LogP contribution >= 0.6 is 11.6 Å². The predicted octanol–water partition coefficient (Wildman–Crippen LogP) is 5.97. The molecule has 4 atom stereocenters. The summed E-state index contributed by atoms with van der Waals surface area (Å²) in [6, 6.07) is 18.6. The number of rotatable bonds is 13. The van der Waals surface area contributed by atoms with E-state index in [1.165, 1.54) is 33.1 Å². The molecule has 22 nitrogen and oxygen atoms in total. The van der Waals surface area contributed by atoms with Crippen molar-refractivity contribution in [1.82, 2.24) is 20.3 Å². The summed E-state index contributed by atoms with van der Waals surface area (Å²) < 4.78 is 44.1. The van der Waals surface area contributed by atoms with Crippen LogP contribution < -0.4 is 40.5 Å². The van der Waals surface area contributed by atoms with Crippen molar-refractivity contribution in [2.75, 3.05) is 65.3 Å². The van der Waals surface area contributed by atoms with E-state index >= 15 is 0 Å². The molecule has 0 saturated carbocycles. The van der Waals surface area contributed by atoms with E-state index in [0.29, 0.717) is 69.1 Å². The first-order chi connectivity index (χ1) is 43.2. The van der Waals surface area contributed by atoms with Crippen LogP contribution in [0.25, 0.3) is 0 Å². The summed E-state index contributed by atoms with van der Waals surface area (Å²) in [5.74, 6) is 2.92. The standard InChI is InChI=1S/C18H28BNO4.C12H25NO4.C12H23NO3.C9H19NO2.C6H7BO2.C4H8O.C3H5ClO.C3H4.C2H2.2CH4.Na.H2O/c1-17(2)10-15(11-18(3,4)20(17)21)22-12-16-13-23-19(24-16)14-8-6-5-7-9-14;1-11(2)5-10(17-8-9(15)7-14)6-12(3,4)13(11)16;1-11(2)5-9(15-7-10-8-16-10)6-12(3,4)13(11)14;1-8(2)5-7(11)6-9(3,4)10(8)12;8-7(9)6-4-2-1-3-5-6;1-2-4-5-3-1;4-1-3-2-5-3;1-3-2;1-2;;;;/h5-9,15-16,21H,10-13H2,1-4H3;9-10,14-16H,5-8H2,1-4H3;9-10,14H,5-8H2,1-4H3;7,11-12H,5-6H2,1-4H3;1-5,8-9H;1-4H2;3H,1-2H2;1H,2H3;1-2H;2*1H4;;1H2/q;;;;;;;;;;;+1;/p-1. The van der Waals surface area contributed by atoms with Crippen LogP contribution in [0.5, 0.6) is 0 Å². The summed E-state index contributed by atoms with van der Waals surface area (Å²) >= 11 is 5.27. The van der Waals surface area contributed by atoms with Gasteiger partial charge in [0.2, 0.25) is 0 Å². The van der Waals surface area contributed by atoms with E-state index in [4.69, 9.17) is 64.5 Å². The number of benzene rings is 2. The average Bonchev–Trinajstić information content (AvgIpc) is 1.22. The molecule has 8 aliphatic rings. The Morgan fingerprint density at radius 3 is 1.18 bits per heavy atom. The topological polar surface area (TPSA) is 305 Å². The summed E-state index contributed by atoms with van der Waals surface area (Å²) in [4.78, 5) is 0. The van der Waals surface area contributed by atoms with Crippen molar-refractivity contribution >= 4 is 36.8 Å². The number of terminal acetylenes is 2. The summed E-state index contributed by atoms with van der Waals surface area (Å²) in [6.45, 7) is 39.0. The van der Waals surface area contributed by atoms with E-state index in [0.717, 1.165) is 57.6 Å². The number of epoxide rings is 2. The maximum atomic E-state index is 10.4. The Hall–Kier alpha value is -1.90. The van der Waals surface area contributed by atoms with Gasteiger partial charge >= 0.3 is 43.8 Å². The van der Waals surface area contributed by atoms with Gasteiger partial charge in [0.1, 0.15) is 12.2 Å². The molecule has 2 aromatic carbocycles. The zero-order valence-corrected chi connectivity index (χ0v) is 63.6. The fraction of sp³-hybridized carbons (Fsp3) is 0.775. The number of hydrogen-bond donors (Lipinski definition) is 9. The molecule has 0 radical (unpaired) electrons. The first-order valence-corrected chi connectivity index (χ1v) is 33.3. The molecule has 10 rings (SSSR count). The molecule has 2 aromatic rings. The van der Waals surface area contributed by atoms with E-state index in [2.05, 4.69) is 52.9 Å². The van der Waals surface area contributed by atoms with Crippen molar-refractivity contribution in [1.29, 1.82) is 0 Å². The molecule has 0 spiro atoms. The molecule has 556 valence electrons. The molecule has 0 bridgehead atoms. The molecular formula is C71H130B2ClN4NaO18. The Kier molecular flexibility index (Phi) is 47.1. The Bertz CT molecular complexity index is 2340. The normalized spacial score (nSPS) is 24.9. The molecule has 8 aliphatic heterocycles. The van der Waals surface area contributed by atoms with Gasteiger partial charge in [-0.15, -0.1) is 36.8 Å². The van der Waals surface area contributed by atoms with E-state index in [1.54, 1.807) is 31.2 Å². The number of aliphatic hydroxyl groups excluding tert-OH is 3. The third-order valence-corrected chi connectivity index (χ3v) is 17.3. The minimum absolute atomic E-state index is 0. The fourth-order valence-corrected chi connectivity index (χ4v) is 12.8. The van der Waals surface area contributed by atoms with Crippen LogP contribution in [-0.4, -0.2) is 245 Å². The zero-order valence-electron chi connectivity index (χ0n) is 60.8. The molecule has 8 saturated heterocycles. The number of nitrogens with zero attached hydrogens (tertiary/aromatic N) is 4. The largest absolute Gasteiger partial charge is 1.00 e. The summed E-state index contributed by atoms with van der Waals surface area (Å²) in [6.07, 6.45) is 21.0. The third kappa shape index (κ3) is 35.9. The van der Waals surface area contributed by atoms with Gasteiger partial charge in [-0.05, 0) is 193 Å². The zero-order chi connectivity index (χ0) is 70.8. The number of alkyl halides is 1. The molecule has 4 unspecified atom stereocenters. The van der Waals surface area contributed by atoms with E-state index in [-0.39, 0.29) is 145 Å². The molecule has 0 aromatic heterocycles. The van der Waals surface area contributed by atoms with E-state index in [9.17, 15) is 31.0 Å². The number of piperidine rings is 4. The third-order valence-electron chi connectivity index (χ3n) is 16.9. The molecule has 8 fully saturated rings. The van der Waals surface area contributed by atoms with E-state index in [1.807, 2.05) is 119 Å². The Balaban J connectivity index is -0.00000109. The summed E-state index contributed by atoms with van der Waals surface area (Å²) in [7, 11) is -1.64. The van der Waals surface area contributed by atoms with Crippen molar-refractivity contribution in [2.24, 2.45) is 0 Å². The van der Waals surface area contributed by atoms with Crippen LogP contribution in [0, 0.1) is 25.2 Å². The number of aliphatic hydroxyl groups is 3. The van der Waals surface area contributed by atoms with Crippen LogP contribution in [-0.2, 0) is 37.7 Å². The maximum absolute atomic E-state index is 10.4. The van der Waals surface area contributed by atoms with Gasteiger partial charge in [-0.1, -0.05) is 75.5 Å². The molecule has 0 amide bonds. The van der Waals surface area contributed by atoms with Gasteiger partial charge < -0.3 is 89.4 Å². The van der Waals surface area contributed by atoms with Crippen molar-refractivity contribution in [3.05, 3.63) is 60.7 Å². The second-order valence-electron chi connectivity index (χ2n) is 30.0. The van der Waals surface area contributed by atoms with Gasteiger partial charge in [0.25, 0.3) is 0 Å². The molecule has 0 aliphatic carbocycles. The number of halogens is 1. The van der Waals surface area contributed by atoms with Gasteiger partial charge in [-0.3, -0.25) is 0 Å². The first kappa shape index (κ1) is 99.3. The number of hydroxylamine groups is 8. The minimum Gasteiger partial charge on any atom is -0.870 e.